The van der Waals surface area contributed by atoms with Gasteiger partial charge in [-0.25, -0.2) is 0 Å². The molecule has 2 aromatic carbocycles. The quantitative estimate of drug-likeness (QED) is 0.426. The first-order valence-electron chi connectivity index (χ1n) is 11.9. The standard InChI is InChI=1S/C26H29N7O/c1-17(2)33-11-9-32(10-12-33)16-25-29-30-26(34-25)21-13-18(14-24-22(21)15-28-31(24)3)19-5-4-6-23-20(19)7-8-27-23/h4-8,13-15,17,27H,9-12,16H2,1-3H3. The predicted octanol–water partition coefficient (Wildman–Crippen LogP) is 4.30. The fourth-order valence-electron chi connectivity index (χ4n) is 4.97. The molecule has 1 fully saturated rings. The first kappa shape index (κ1) is 21.1. The van der Waals surface area contributed by atoms with E-state index < -0.39 is 0 Å². The molecule has 0 atom stereocenters. The smallest absolute Gasteiger partial charge is 0.248 e. The van der Waals surface area contributed by atoms with Gasteiger partial charge in [0.05, 0.1) is 23.8 Å². The molecule has 8 heteroatoms. The van der Waals surface area contributed by atoms with Crippen molar-refractivity contribution in [3.05, 3.63) is 54.7 Å². The zero-order chi connectivity index (χ0) is 23.2. The molecule has 1 saturated heterocycles. The maximum absolute atomic E-state index is 6.21. The van der Waals surface area contributed by atoms with Gasteiger partial charge in [-0.1, -0.05) is 12.1 Å². The molecule has 0 bridgehead atoms. The van der Waals surface area contributed by atoms with Gasteiger partial charge in [0, 0.05) is 61.8 Å². The summed E-state index contributed by atoms with van der Waals surface area (Å²) in [7, 11) is 1.96. The number of H-pyrrole nitrogens is 1. The fraction of sp³-hybridized carbons (Fsp3) is 0.346. The molecule has 0 spiro atoms. The molecule has 3 aromatic heterocycles. The molecule has 0 aliphatic carbocycles. The summed E-state index contributed by atoms with van der Waals surface area (Å²) in [5.41, 5.74) is 5.31. The lowest BCUT2D eigenvalue weighted by molar-refractivity contribution is 0.0979. The first-order chi connectivity index (χ1) is 16.6. The van der Waals surface area contributed by atoms with Crippen molar-refractivity contribution in [1.82, 2.24) is 34.8 Å². The highest BCUT2D eigenvalue weighted by atomic mass is 16.4. The van der Waals surface area contributed by atoms with Gasteiger partial charge in [0.2, 0.25) is 11.8 Å². The van der Waals surface area contributed by atoms with Crippen molar-refractivity contribution in [3.63, 3.8) is 0 Å². The van der Waals surface area contributed by atoms with E-state index in [0.717, 1.165) is 59.3 Å². The SMILES string of the molecule is CC(C)N1CCN(Cc2nnc(-c3cc(-c4cccc5[nH]ccc45)cc4c3cnn4C)o2)CC1. The Hall–Kier alpha value is -3.49. The Morgan fingerprint density at radius 2 is 1.85 bits per heavy atom. The summed E-state index contributed by atoms with van der Waals surface area (Å²) in [6, 6.07) is 13.3. The molecule has 1 aliphatic rings. The molecule has 174 valence electrons. The number of aryl methyl sites for hydroxylation is 1. The van der Waals surface area contributed by atoms with Crippen LogP contribution in [0.25, 0.3) is 44.4 Å². The molecule has 1 aliphatic heterocycles. The van der Waals surface area contributed by atoms with Crippen LogP contribution in [0.3, 0.4) is 0 Å². The Kier molecular flexibility index (Phi) is 5.19. The molecule has 6 rings (SSSR count). The molecule has 4 heterocycles. The molecule has 0 amide bonds. The first-order valence-corrected chi connectivity index (χ1v) is 11.9. The predicted molar refractivity (Wildman–Crippen MR) is 133 cm³/mol. The summed E-state index contributed by atoms with van der Waals surface area (Å²) in [6.07, 6.45) is 3.85. The van der Waals surface area contributed by atoms with Crippen molar-refractivity contribution in [2.75, 3.05) is 26.2 Å². The number of hydrogen-bond donors (Lipinski definition) is 1. The maximum Gasteiger partial charge on any atom is 0.248 e. The fourth-order valence-corrected chi connectivity index (χ4v) is 4.97. The highest BCUT2D eigenvalue weighted by Crippen LogP contribution is 2.36. The monoisotopic (exact) mass is 455 g/mol. The number of hydrogen-bond acceptors (Lipinski definition) is 6. The summed E-state index contributed by atoms with van der Waals surface area (Å²) in [5.74, 6) is 1.19. The van der Waals surface area contributed by atoms with Crippen LogP contribution >= 0.6 is 0 Å². The van der Waals surface area contributed by atoms with E-state index in [1.165, 1.54) is 5.39 Å². The lowest BCUT2D eigenvalue weighted by Gasteiger charge is -2.36. The van der Waals surface area contributed by atoms with Crippen LogP contribution in [0.5, 0.6) is 0 Å². The van der Waals surface area contributed by atoms with E-state index in [0.29, 0.717) is 24.4 Å². The van der Waals surface area contributed by atoms with Crippen LogP contribution in [0.2, 0.25) is 0 Å². The van der Waals surface area contributed by atoms with E-state index >= 15 is 0 Å². The third kappa shape index (κ3) is 3.69. The van der Waals surface area contributed by atoms with Crippen LogP contribution in [0.15, 0.2) is 53.2 Å². The lowest BCUT2D eigenvalue weighted by atomic mass is 9.97. The van der Waals surface area contributed by atoms with Gasteiger partial charge in [0.1, 0.15) is 0 Å². The van der Waals surface area contributed by atoms with Gasteiger partial charge in [-0.3, -0.25) is 14.5 Å². The van der Waals surface area contributed by atoms with Crippen molar-refractivity contribution < 1.29 is 4.42 Å². The van der Waals surface area contributed by atoms with Gasteiger partial charge in [-0.2, -0.15) is 5.10 Å². The van der Waals surface area contributed by atoms with Gasteiger partial charge >= 0.3 is 0 Å². The Balaban J connectivity index is 1.35. The second-order valence-corrected chi connectivity index (χ2v) is 9.38. The second-order valence-electron chi connectivity index (χ2n) is 9.38. The maximum atomic E-state index is 6.21. The zero-order valence-corrected chi connectivity index (χ0v) is 19.8. The van der Waals surface area contributed by atoms with E-state index in [2.05, 4.69) is 80.3 Å². The molecular weight excluding hydrogens is 426 g/mol. The van der Waals surface area contributed by atoms with Crippen LogP contribution in [0.4, 0.5) is 0 Å². The van der Waals surface area contributed by atoms with Crippen LogP contribution in [0.1, 0.15) is 19.7 Å². The average Bonchev–Trinajstić information content (AvgIpc) is 3.59. The topological polar surface area (TPSA) is 79.0 Å². The number of benzene rings is 2. The van der Waals surface area contributed by atoms with Crippen LogP contribution in [-0.4, -0.2) is 67.0 Å². The van der Waals surface area contributed by atoms with Crippen molar-refractivity contribution in [2.45, 2.75) is 26.4 Å². The van der Waals surface area contributed by atoms with E-state index in [1.54, 1.807) is 0 Å². The number of piperazine rings is 1. The van der Waals surface area contributed by atoms with Gasteiger partial charge in [0.15, 0.2) is 0 Å². The molecule has 8 nitrogen and oxygen atoms in total. The molecule has 0 radical (unpaired) electrons. The molecule has 0 saturated carbocycles. The highest BCUT2D eigenvalue weighted by Gasteiger charge is 2.22. The number of aromatic amines is 1. The summed E-state index contributed by atoms with van der Waals surface area (Å²) in [6.45, 7) is 9.35. The van der Waals surface area contributed by atoms with E-state index in [4.69, 9.17) is 4.42 Å². The summed E-state index contributed by atoms with van der Waals surface area (Å²) in [4.78, 5) is 8.20. The Morgan fingerprint density at radius 3 is 2.68 bits per heavy atom. The van der Waals surface area contributed by atoms with Gasteiger partial charge < -0.3 is 9.40 Å². The average molecular weight is 456 g/mol. The number of rotatable bonds is 5. The Bertz CT molecular complexity index is 1450. The minimum atomic E-state index is 0.539. The third-order valence-electron chi connectivity index (χ3n) is 6.97. The van der Waals surface area contributed by atoms with Crippen molar-refractivity contribution in [1.29, 1.82) is 0 Å². The molecule has 1 N–H and O–H groups in total. The largest absolute Gasteiger partial charge is 0.419 e. The van der Waals surface area contributed by atoms with Gasteiger partial charge in [-0.05, 0) is 49.2 Å². The van der Waals surface area contributed by atoms with Gasteiger partial charge in [-0.15, -0.1) is 10.2 Å². The summed E-state index contributed by atoms with van der Waals surface area (Å²) in [5, 5.41) is 15.5. The summed E-state index contributed by atoms with van der Waals surface area (Å²) >= 11 is 0. The van der Waals surface area contributed by atoms with Gasteiger partial charge in [0.25, 0.3) is 0 Å². The molecule has 5 aromatic rings. The molecular formula is C26H29N7O. The van der Waals surface area contributed by atoms with Crippen LogP contribution in [-0.2, 0) is 13.6 Å². The lowest BCUT2D eigenvalue weighted by Crippen LogP contribution is -2.48. The number of aromatic nitrogens is 5. The number of nitrogens with zero attached hydrogens (tertiary/aromatic N) is 6. The Morgan fingerprint density at radius 1 is 1.00 bits per heavy atom. The van der Waals surface area contributed by atoms with E-state index in [-0.39, 0.29) is 0 Å². The third-order valence-corrected chi connectivity index (χ3v) is 6.97. The number of fused-ring (bicyclic) bond motifs is 2. The summed E-state index contributed by atoms with van der Waals surface area (Å²) < 4.78 is 8.10. The van der Waals surface area contributed by atoms with Crippen LogP contribution in [0, 0.1) is 0 Å². The van der Waals surface area contributed by atoms with Crippen LogP contribution < -0.4 is 0 Å². The minimum absolute atomic E-state index is 0.539. The van der Waals surface area contributed by atoms with Crippen molar-refractivity contribution in [2.24, 2.45) is 7.05 Å². The van der Waals surface area contributed by atoms with E-state index in [9.17, 15) is 0 Å². The second kappa shape index (κ2) is 8.38. The minimum Gasteiger partial charge on any atom is -0.419 e. The molecule has 0 unspecified atom stereocenters. The normalized spacial score (nSPS) is 15.8. The zero-order valence-electron chi connectivity index (χ0n) is 19.8. The Labute approximate surface area is 198 Å². The van der Waals surface area contributed by atoms with Crippen molar-refractivity contribution in [3.8, 4) is 22.6 Å². The molecule has 34 heavy (non-hydrogen) atoms. The van der Waals surface area contributed by atoms with Crippen molar-refractivity contribution >= 4 is 21.8 Å². The number of nitrogens with one attached hydrogen (secondary N) is 1. The highest BCUT2D eigenvalue weighted by molar-refractivity contribution is 6.01. The van der Waals surface area contributed by atoms with E-state index in [1.807, 2.05) is 24.1 Å².